The molecule has 0 fully saturated rings. The fourth-order valence-corrected chi connectivity index (χ4v) is 2.27. The maximum atomic E-state index is 12.0. The first-order valence-electron chi connectivity index (χ1n) is 7.59. The molecule has 114 valence electrons. The molecule has 0 aliphatic carbocycles. The highest BCUT2D eigenvalue weighted by molar-refractivity contribution is 6.32. The van der Waals surface area contributed by atoms with Gasteiger partial charge in [0.05, 0.1) is 17.9 Å². The van der Waals surface area contributed by atoms with Crippen LogP contribution >= 0.6 is 11.6 Å². The van der Waals surface area contributed by atoms with Crippen LogP contribution in [0.5, 0.6) is 0 Å². The van der Waals surface area contributed by atoms with Crippen molar-refractivity contribution in [2.75, 3.05) is 11.9 Å². The van der Waals surface area contributed by atoms with Crippen LogP contribution in [0, 0.1) is 0 Å². The molecule has 5 heteroatoms. The fraction of sp³-hybridized carbons (Fsp3) is 0.733. The van der Waals surface area contributed by atoms with Gasteiger partial charge in [0.2, 0.25) is 0 Å². The number of hydrogen-bond acceptors (Lipinski definition) is 3. The third-order valence-electron chi connectivity index (χ3n) is 3.28. The molecule has 1 heterocycles. The molecular weight excluding hydrogens is 274 g/mol. The number of nitrogens with zero attached hydrogens (tertiary/aromatic N) is 2. The fourth-order valence-electron chi connectivity index (χ4n) is 2.06. The molecule has 0 radical (unpaired) electrons. The third-order valence-corrected chi connectivity index (χ3v) is 3.64. The Morgan fingerprint density at radius 2 is 1.90 bits per heavy atom. The van der Waals surface area contributed by atoms with Crippen LogP contribution in [0.25, 0.3) is 0 Å². The molecule has 0 aromatic carbocycles. The van der Waals surface area contributed by atoms with Crippen molar-refractivity contribution in [1.29, 1.82) is 0 Å². The Balaban J connectivity index is 2.42. The largest absolute Gasteiger partial charge is 0.382 e. The minimum Gasteiger partial charge on any atom is -0.382 e. The normalized spacial score (nSPS) is 11.1. The van der Waals surface area contributed by atoms with Crippen LogP contribution < -0.4 is 10.9 Å². The van der Waals surface area contributed by atoms with Gasteiger partial charge in [0.25, 0.3) is 5.56 Å². The van der Waals surface area contributed by atoms with Gasteiger partial charge in [-0.25, -0.2) is 4.68 Å². The van der Waals surface area contributed by atoms with Crippen LogP contribution in [0.3, 0.4) is 0 Å². The maximum Gasteiger partial charge on any atom is 0.287 e. The summed E-state index contributed by atoms with van der Waals surface area (Å²) >= 11 is 6.09. The number of rotatable bonds is 9. The minimum atomic E-state index is -0.227. The number of aromatic nitrogens is 2. The van der Waals surface area contributed by atoms with E-state index in [0.29, 0.717) is 5.69 Å². The van der Waals surface area contributed by atoms with Crippen molar-refractivity contribution in [3.05, 3.63) is 21.6 Å². The average Bonchev–Trinajstić information content (AvgIpc) is 2.42. The number of halogens is 1. The summed E-state index contributed by atoms with van der Waals surface area (Å²) in [5.41, 5.74) is 0.414. The van der Waals surface area contributed by atoms with E-state index in [0.717, 1.165) is 13.0 Å². The first kappa shape index (κ1) is 17.0. The highest BCUT2D eigenvalue weighted by Gasteiger charge is 2.10. The van der Waals surface area contributed by atoms with Gasteiger partial charge >= 0.3 is 0 Å². The van der Waals surface area contributed by atoms with E-state index < -0.39 is 0 Å². The van der Waals surface area contributed by atoms with Gasteiger partial charge in [-0.3, -0.25) is 4.79 Å². The van der Waals surface area contributed by atoms with E-state index >= 15 is 0 Å². The molecule has 1 rings (SSSR count). The van der Waals surface area contributed by atoms with Gasteiger partial charge in [-0.1, -0.05) is 50.6 Å². The maximum absolute atomic E-state index is 12.0. The zero-order valence-corrected chi connectivity index (χ0v) is 13.5. The van der Waals surface area contributed by atoms with Crippen molar-refractivity contribution >= 4 is 17.3 Å². The SMILES string of the molecule is CCCCCCCCNc1cnn(C(C)C)c(=O)c1Cl. The van der Waals surface area contributed by atoms with Crippen molar-refractivity contribution in [2.45, 2.75) is 65.3 Å². The quantitative estimate of drug-likeness (QED) is 0.693. The van der Waals surface area contributed by atoms with Gasteiger partial charge in [0, 0.05) is 6.54 Å². The molecule has 0 saturated carbocycles. The predicted molar refractivity (Wildman–Crippen MR) is 85.8 cm³/mol. The first-order valence-corrected chi connectivity index (χ1v) is 7.97. The predicted octanol–water partition coefficient (Wildman–Crippen LogP) is 4.25. The summed E-state index contributed by atoms with van der Waals surface area (Å²) in [6.07, 6.45) is 9.11. The number of hydrogen-bond donors (Lipinski definition) is 1. The van der Waals surface area contributed by atoms with Crippen molar-refractivity contribution in [3.63, 3.8) is 0 Å². The smallest absolute Gasteiger partial charge is 0.287 e. The molecule has 4 nitrogen and oxygen atoms in total. The van der Waals surface area contributed by atoms with Gasteiger partial charge in [-0.05, 0) is 20.3 Å². The summed E-state index contributed by atoms with van der Waals surface area (Å²) in [6, 6.07) is 0.0209. The van der Waals surface area contributed by atoms with Crippen LogP contribution in [-0.2, 0) is 0 Å². The molecule has 0 unspecified atom stereocenters. The van der Waals surface area contributed by atoms with Crippen molar-refractivity contribution in [3.8, 4) is 0 Å². The molecule has 0 aliphatic rings. The Kier molecular flexibility index (Phi) is 7.67. The topological polar surface area (TPSA) is 46.9 Å². The molecule has 0 atom stereocenters. The number of nitrogens with one attached hydrogen (secondary N) is 1. The first-order chi connectivity index (χ1) is 9.57. The monoisotopic (exact) mass is 299 g/mol. The Morgan fingerprint density at radius 1 is 1.25 bits per heavy atom. The van der Waals surface area contributed by atoms with Crippen LogP contribution in [-0.4, -0.2) is 16.3 Å². The number of unbranched alkanes of at least 4 members (excludes halogenated alkanes) is 5. The summed E-state index contributed by atoms with van der Waals surface area (Å²) in [7, 11) is 0. The molecule has 1 aromatic heterocycles. The highest BCUT2D eigenvalue weighted by atomic mass is 35.5. The third kappa shape index (κ3) is 5.16. The van der Waals surface area contributed by atoms with Gasteiger partial charge in [-0.2, -0.15) is 5.10 Å². The van der Waals surface area contributed by atoms with E-state index in [-0.39, 0.29) is 16.6 Å². The Hall–Kier alpha value is -1.03. The molecule has 0 bridgehead atoms. The van der Waals surface area contributed by atoms with E-state index in [9.17, 15) is 4.79 Å². The Labute approximate surface area is 126 Å². The zero-order valence-electron chi connectivity index (χ0n) is 12.8. The van der Waals surface area contributed by atoms with E-state index in [1.807, 2.05) is 13.8 Å². The average molecular weight is 300 g/mol. The van der Waals surface area contributed by atoms with Gasteiger partial charge < -0.3 is 5.32 Å². The second kappa shape index (κ2) is 9.01. The summed E-state index contributed by atoms with van der Waals surface area (Å²) in [6.45, 7) is 6.87. The second-order valence-corrected chi connectivity index (χ2v) is 5.79. The summed E-state index contributed by atoms with van der Waals surface area (Å²) < 4.78 is 1.40. The Morgan fingerprint density at radius 3 is 2.55 bits per heavy atom. The standard InChI is InChI=1S/C15H26ClN3O/c1-4-5-6-7-8-9-10-17-13-11-18-19(12(2)3)15(20)14(13)16/h11-12,17H,4-10H2,1-3H3. The van der Waals surface area contributed by atoms with Crippen LogP contribution in [0.4, 0.5) is 5.69 Å². The lowest BCUT2D eigenvalue weighted by Gasteiger charge is -2.12. The van der Waals surface area contributed by atoms with Crippen molar-refractivity contribution in [1.82, 2.24) is 9.78 Å². The van der Waals surface area contributed by atoms with Gasteiger partial charge in [0.15, 0.2) is 0 Å². The molecule has 0 spiro atoms. The van der Waals surface area contributed by atoms with Crippen molar-refractivity contribution in [2.24, 2.45) is 0 Å². The minimum absolute atomic E-state index is 0.0209. The second-order valence-electron chi connectivity index (χ2n) is 5.41. The molecule has 0 aliphatic heterocycles. The zero-order chi connectivity index (χ0) is 15.0. The summed E-state index contributed by atoms with van der Waals surface area (Å²) in [5.74, 6) is 0. The van der Waals surface area contributed by atoms with Crippen LogP contribution in [0.2, 0.25) is 5.02 Å². The lowest BCUT2D eigenvalue weighted by Crippen LogP contribution is -2.25. The van der Waals surface area contributed by atoms with E-state index in [4.69, 9.17) is 11.6 Å². The summed E-state index contributed by atoms with van der Waals surface area (Å²) in [4.78, 5) is 12.0. The van der Waals surface area contributed by atoms with E-state index in [1.54, 1.807) is 6.20 Å². The van der Waals surface area contributed by atoms with Crippen LogP contribution in [0.15, 0.2) is 11.0 Å². The molecule has 1 aromatic rings. The van der Waals surface area contributed by atoms with E-state index in [2.05, 4.69) is 17.3 Å². The Bertz CT molecular complexity index is 457. The van der Waals surface area contributed by atoms with Crippen molar-refractivity contribution < 1.29 is 0 Å². The van der Waals surface area contributed by atoms with Crippen LogP contribution in [0.1, 0.15) is 65.3 Å². The highest BCUT2D eigenvalue weighted by Crippen LogP contribution is 2.16. The lowest BCUT2D eigenvalue weighted by atomic mass is 10.1. The lowest BCUT2D eigenvalue weighted by molar-refractivity contribution is 0.503. The molecule has 0 saturated heterocycles. The molecule has 20 heavy (non-hydrogen) atoms. The molecule has 0 amide bonds. The van der Waals surface area contributed by atoms with Gasteiger partial charge in [0.1, 0.15) is 5.02 Å². The summed E-state index contributed by atoms with van der Waals surface area (Å²) in [5, 5.41) is 7.57. The van der Waals surface area contributed by atoms with E-state index in [1.165, 1.54) is 36.8 Å². The number of anilines is 1. The molecular formula is C15H26ClN3O. The van der Waals surface area contributed by atoms with Gasteiger partial charge in [-0.15, -0.1) is 0 Å². The molecule has 1 N–H and O–H groups in total.